The lowest BCUT2D eigenvalue weighted by Gasteiger charge is -2.18. The van der Waals surface area contributed by atoms with Gasteiger partial charge in [-0.2, -0.15) is 15.1 Å². The minimum atomic E-state index is -0.823. The number of nitrogens with zero attached hydrogens (tertiary/aromatic N) is 4. The van der Waals surface area contributed by atoms with Gasteiger partial charge < -0.3 is 19.7 Å². The molecule has 10 heteroatoms. The van der Waals surface area contributed by atoms with E-state index in [4.69, 9.17) is 9.47 Å². The van der Waals surface area contributed by atoms with Crippen molar-refractivity contribution in [3.63, 3.8) is 0 Å². The average Bonchev–Trinajstić information content (AvgIpc) is 2.96. The van der Waals surface area contributed by atoms with Crippen molar-refractivity contribution in [3.8, 4) is 11.8 Å². The van der Waals surface area contributed by atoms with Gasteiger partial charge in [0.25, 0.3) is 0 Å². The Balaban J connectivity index is 2.05. The Bertz CT molecular complexity index is 717. The van der Waals surface area contributed by atoms with Crippen molar-refractivity contribution >= 4 is 17.9 Å². The van der Waals surface area contributed by atoms with Crippen LogP contribution in [-0.2, 0) is 7.05 Å². The Hall–Kier alpha value is -2.04. The number of rotatable bonds is 11. The first kappa shape index (κ1) is 22.3. The highest BCUT2D eigenvalue weighted by molar-refractivity contribution is 8.00. The van der Waals surface area contributed by atoms with Crippen molar-refractivity contribution in [1.29, 1.82) is 0 Å². The lowest BCUT2D eigenvalue weighted by molar-refractivity contribution is 0.0541. The summed E-state index contributed by atoms with van der Waals surface area (Å²) in [6.45, 7) is 7.49. The standard InChI is InChI=1S/C18H29N5O4S/c1-17(2,24)6-8-26-14-10-15(27-9-7-18(3,4)25)21-16(20-14)22-28-13-11-19-23(5)12-13/h10-12,24-25H,6-9H2,1-5H3,(H,20,21,22). The van der Waals surface area contributed by atoms with E-state index in [1.54, 1.807) is 44.6 Å². The van der Waals surface area contributed by atoms with Crippen molar-refractivity contribution in [3.05, 3.63) is 18.5 Å². The van der Waals surface area contributed by atoms with Gasteiger partial charge in [-0.15, -0.1) is 0 Å². The molecule has 0 amide bonds. The second-order valence-corrected chi connectivity index (χ2v) is 8.62. The van der Waals surface area contributed by atoms with Crippen molar-refractivity contribution in [2.24, 2.45) is 7.05 Å². The van der Waals surface area contributed by atoms with Crippen LogP contribution >= 0.6 is 11.9 Å². The van der Waals surface area contributed by atoms with Gasteiger partial charge in [-0.05, 0) is 39.6 Å². The van der Waals surface area contributed by atoms with Crippen LogP contribution in [0.5, 0.6) is 11.8 Å². The van der Waals surface area contributed by atoms with Crippen LogP contribution in [0, 0.1) is 0 Å². The first-order valence-electron chi connectivity index (χ1n) is 9.01. The molecule has 28 heavy (non-hydrogen) atoms. The first-order chi connectivity index (χ1) is 13.0. The van der Waals surface area contributed by atoms with E-state index in [1.165, 1.54) is 11.9 Å². The Labute approximate surface area is 169 Å². The number of hydrogen-bond donors (Lipinski definition) is 3. The molecule has 2 rings (SSSR count). The molecule has 0 bridgehead atoms. The molecule has 0 spiro atoms. The third-order valence-electron chi connectivity index (χ3n) is 3.55. The summed E-state index contributed by atoms with van der Waals surface area (Å²) in [6.07, 6.45) is 4.50. The highest BCUT2D eigenvalue weighted by Gasteiger charge is 2.15. The van der Waals surface area contributed by atoms with E-state index in [0.29, 0.717) is 43.8 Å². The van der Waals surface area contributed by atoms with Gasteiger partial charge in [-0.3, -0.25) is 9.40 Å². The number of aryl methyl sites for hydroxylation is 1. The fourth-order valence-corrected chi connectivity index (χ4v) is 2.57. The lowest BCUT2D eigenvalue weighted by atomic mass is 10.1. The zero-order valence-corrected chi connectivity index (χ0v) is 17.8. The third kappa shape index (κ3) is 8.77. The largest absolute Gasteiger partial charge is 0.477 e. The van der Waals surface area contributed by atoms with Gasteiger partial charge in [0, 0.05) is 26.1 Å². The summed E-state index contributed by atoms with van der Waals surface area (Å²) < 4.78 is 16.1. The van der Waals surface area contributed by atoms with Crippen molar-refractivity contribution < 1.29 is 19.7 Å². The third-order valence-corrected chi connectivity index (χ3v) is 4.28. The molecule has 0 aliphatic heterocycles. The molecule has 2 heterocycles. The lowest BCUT2D eigenvalue weighted by Crippen LogP contribution is -2.22. The highest BCUT2D eigenvalue weighted by Crippen LogP contribution is 2.24. The minimum Gasteiger partial charge on any atom is -0.477 e. The molecule has 9 nitrogen and oxygen atoms in total. The molecule has 2 aromatic rings. The van der Waals surface area contributed by atoms with Gasteiger partial charge in [0.1, 0.15) is 0 Å². The molecule has 0 saturated carbocycles. The van der Waals surface area contributed by atoms with Crippen molar-refractivity contribution in [2.75, 3.05) is 17.9 Å². The predicted molar refractivity (Wildman–Crippen MR) is 108 cm³/mol. The van der Waals surface area contributed by atoms with Crippen LogP contribution in [0.1, 0.15) is 40.5 Å². The fourth-order valence-electron chi connectivity index (χ4n) is 1.96. The Morgan fingerprint density at radius 2 is 1.57 bits per heavy atom. The summed E-state index contributed by atoms with van der Waals surface area (Å²) in [5, 5.41) is 23.8. The van der Waals surface area contributed by atoms with Crippen LogP contribution in [0.15, 0.2) is 23.4 Å². The Morgan fingerprint density at radius 1 is 1.04 bits per heavy atom. The van der Waals surface area contributed by atoms with E-state index >= 15 is 0 Å². The Morgan fingerprint density at radius 3 is 2.00 bits per heavy atom. The van der Waals surface area contributed by atoms with E-state index in [1.807, 2.05) is 13.2 Å². The molecule has 156 valence electrons. The molecular formula is C18H29N5O4S. The number of hydrogen-bond acceptors (Lipinski definition) is 9. The summed E-state index contributed by atoms with van der Waals surface area (Å²) in [7, 11) is 1.84. The van der Waals surface area contributed by atoms with E-state index in [9.17, 15) is 10.2 Å². The molecule has 0 fully saturated rings. The maximum Gasteiger partial charge on any atom is 0.239 e. The average molecular weight is 412 g/mol. The normalized spacial score (nSPS) is 12.1. The van der Waals surface area contributed by atoms with Crippen LogP contribution in [0.2, 0.25) is 0 Å². The number of aliphatic hydroxyl groups is 2. The van der Waals surface area contributed by atoms with Crippen LogP contribution in [0.3, 0.4) is 0 Å². The summed E-state index contributed by atoms with van der Waals surface area (Å²) >= 11 is 1.32. The molecule has 0 unspecified atom stereocenters. The van der Waals surface area contributed by atoms with Crippen LogP contribution in [-0.4, -0.2) is 54.4 Å². The minimum absolute atomic E-state index is 0.304. The number of anilines is 1. The van der Waals surface area contributed by atoms with Crippen LogP contribution < -0.4 is 14.2 Å². The van der Waals surface area contributed by atoms with Gasteiger partial charge in [-0.1, -0.05) is 0 Å². The molecule has 0 aliphatic carbocycles. The number of aromatic nitrogens is 4. The van der Waals surface area contributed by atoms with Crippen molar-refractivity contribution in [1.82, 2.24) is 19.7 Å². The quantitative estimate of drug-likeness (QED) is 0.479. The molecule has 0 atom stereocenters. The SMILES string of the molecule is Cn1cc(SNc2nc(OCCC(C)(C)O)cc(OCCC(C)(C)O)n2)cn1. The zero-order valence-electron chi connectivity index (χ0n) is 17.0. The zero-order chi connectivity index (χ0) is 20.8. The molecule has 2 aromatic heterocycles. The van der Waals surface area contributed by atoms with E-state index < -0.39 is 11.2 Å². The first-order valence-corrected chi connectivity index (χ1v) is 9.83. The smallest absolute Gasteiger partial charge is 0.239 e. The topological polar surface area (TPSA) is 115 Å². The number of nitrogens with one attached hydrogen (secondary N) is 1. The maximum atomic E-state index is 9.82. The molecule has 0 aliphatic rings. The Kier molecular flexibility index (Phi) is 7.50. The summed E-state index contributed by atoms with van der Waals surface area (Å²) in [5.74, 6) is 1.01. The van der Waals surface area contributed by atoms with E-state index in [2.05, 4.69) is 19.8 Å². The summed E-state index contributed by atoms with van der Waals surface area (Å²) in [5.41, 5.74) is -1.65. The van der Waals surface area contributed by atoms with E-state index in [-0.39, 0.29) is 0 Å². The van der Waals surface area contributed by atoms with Crippen LogP contribution in [0.25, 0.3) is 0 Å². The molecule has 0 saturated heterocycles. The molecule has 0 aromatic carbocycles. The molecule has 3 N–H and O–H groups in total. The van der Waals surface area contributed by atoms with Gasteiger partial charge in [0.15, 0.2) is 0 Å². The summed E-state index contributed by atoms with van der Waals surface area (Å²) in [6, 6.07) is 1.59. The monoisotopic (exact) mass is 411 g/mol. The second-order valence-electron chi connectivity index (χ2n) is 7.74. The highest BCUT2D eigenvalue weighted by atomic mass is 32.2. The predicted octanol–water partition coefficient (Wildman–Crippen LogP) is 2.41. The van der Waals surface area contributed by atoms with E-state index in [0.717, 1.165) is 4.90 Å². The van der Waals surface area contributed by atoms with Gasteiger partial charge in [0.2, 0.25) is 17.7 Å². The maximum absolute atomic E-state index is 9.82. The summed E-state index contributed by atoms with van der Waals surface area (Å²) in [4.78, 5) is 9.56. The van der Waals surface area contributed by atoms with Crippen LogP contribution in [0.4, 0.5) is 5.95 Å². The van der Waals surface area contributed by atoms with Gasteiger partial charge in [-0.25, -0.2) is 0 Å². The second kappa shape index (κ2) is 9.44. The van der Waals surface area contributed by atoms with Gasteiger partial charge >= 0.3 is 0 Å². The fraction of sp³-hybridized carbons (Fsp3) is 0.611. The molecule has 0 radical (unpaired) electrons. The molecular weight excluding hydrogens is 382 g/mol. The van der Waals surface area contributed by atoms with Gasteiger partial charge in [0.05, 0.1) is 41.6 Å². The van der Waals surface area contributed by atoms with Crippen molar-refractivity contribution in [2.45, 2.75) is 56.6 Å². The number of ether oxygens (including phenoxy) is 2.